The Labute approximate surface area is 166 Å². The molecule has 0 aliphatic heterocycles. The number of aromatic nitrogens is 4. The van der Waals surface area contributed by atoms with Gasteiger partial charge in [0.05, 0.1) is 17.6 Å². The Morgan fingerprint density at radius 3 is 2.66 bits per heavy atom. The summed E-state index contributed by atoms with van der Waals surface area (Å²) in [6, 6.07) is 15.1. The lowest BCUT2D eigenvalue weighted by molar-refractivity contribution is 0.0612. The van der Waals surface area contributed by atoms with E-state index in [0.29, 0.717) is 11.1 Å². The summed E-state index contributed by atoms with van der Waals surface area (Å²) in [5.41, 5.74) is 3.01. The maximum absolute atomic E-state index is 13.0. The van der Waals surface area contributed by atoms with Gasteiger partial charge in [0.2, 0.25) is 0 Å². The predicted octanol–water partition coefficient (Wildman–Crippen LogP) is 4.20. The zero-order valence-corrected chi connectivity index (χ0v) is 16.0. The number of halogens is 2. The largest absolute Gasteiger partial charge is 0.334 e. The van der Waals surface area contributed by atoms with Crippen molar-refractivity contribution in [1.82, 2.24) is 24.0 Å². The molecule has 29 heavy (non-hydrogen) atoms. The van der Waals surface area contributed by atoms with E-state index in [-0.39, 0.29) is 18.3 Å². The average molecular weight is 395 g/mol. The Kier molecular flexibility index (Phi) is 4.84. The number of rotatable bonds is 5. The van der Waals surface area contributed by atoms with Crippen LogP contribution in [0.5, 0.6) is 0 Å². The number of alkyl halides is 2. The van der Waals surface area contributed by atoms with Crippen molar-refractivity contribution in [3.05, 3.63) is 78.1 Å². The summed E-state index contributed by atoms with van der Waals surface area (Å²) in [7, 11) is 1.56. The topological polar surface area (TPSA) is 56.0 Å². The van der Waals surface area contributed by atoms with Crippen LogP contribution in [-0.4, -0.2) is 37.0 Å². The molecule has 0 bridgehead atoms. The maximum atomic E-state index is 13.0. The third-order valence-electron chi connectivity index (χ3n) is 4.77. The Bertz CT molecular complexity index is 1170. The van der Waals surface area contributed by atoms with Crippen molar-refractivity contribution in [3.63, 3.8) is 0 Å². The summed E-state index contributed by atoms with van der Waals surface area (Å²) in [4.78, 5) is 22.7. The lowest BCUT2D eigenvalue weighted by Crippen LogP contribution is -2.27. The zero-order chi connectivity index (χ0) is 20.5. The molecule has 0 unspecified atom stereocenters. The van der Waals surface area contributed by atoms with Crippen molar-refractivity contribution >= 4 is 16.9 Å². The van der Waals surface area contributed by atoms with Gasteiger partial charge in [-0.2, -0.15) is 8.78 Å². The summed E-state index contributed by atoms with van der Waals surface area (Å²) < 4.78 is 28.8. The molecule has 0 fully saturated rings. The van der Waals surface area contributed by atoms with E-state index in [9.17, 15) is 13.6 Å². The minimum absolute atomic E-state index is 0.0221. The summed E-state index contributed by atoms with van der Waals surface area (Å²) >= 11 is 0. The van der Waals surface area contributed by atoms with Gasteiger partial charge in [0.25, 0.3) is 5.91 Å². The highest BCUT2D eigenvalue weighted by molar-refractivity contribution is 5.97. The number of nitrogens with zero attached hydrogens (tertiary/aromatic N) is 5. The van der Waals surface area contributed by atoms with Gasteiger partial charge in [0, 0.05) is 30.7 Å². The van der Waals surface area contributed by atoms with E-state index in [1.807, 2.05) is 47.9 Å². The van der Waals surface area contributed by atoms with E-state index in [1.165, 1.54) is 17.3 Å². The SMILES string of the molecule is Cc1nc2cc(C(=O)N(C)Cc3nccn3C(F)F)ccc2n1-c1ccccc1. The van der Waals surface area contributed by atoms with Crippen LogP contribution < -0.4 is 0 Å². The minimum atomic E-state index is -2.70. The molecule has 8 heteroatoms. The normalized spacial score (nSPS) is 11.3. The second-order valence-electron chi connectivity index (χ2n) is 6.72. The number of aryl methyl sites for hydroxylation is 1. The van der Waals surface area contributed by atoms with E-state index >= 15 is 0 Å². The molecule has 0 aliphatic carbocycles. The number of fused-ring (bicyclic) bond motifs is 1. The molecule has 0 radical (unpaired) electrons. The lowest BCUT2D eigenvalue weighted by Gasteiger charge is -2.17. The second-order valence-corrected chi connectivity index (χ2v) is 6.72. The van der Waals surface area contributed by atoms with E-state index in [2.05, 4.69) is 9.97 Å². The summed E-state index contributed by atoms with van der Waals surface area (Å²) in [6.45, 7) is -0.812. The summed E-state index contributed by atoms with van der Waals surface area (Å²) in [6.07, 6.45) is 2.49. The average Bonchev–Trinajstić information content (AvgIpc) is 3.30. The molecule has 4 aromatic rings. The minimum Gasteiger partial charge on any atom is -0.334 e. The summed E-state index contributed by atoms with van der Waals surface area (Å²) in [5.74, 6) is 0.645. The van der Waals surface area contributed by atoms with Gasteiger partial charge >= 0.3 is 6.55 Å². The molecule has 1 amide bonds. The number of hydrogen-bond acceptors (Lipinski definition) is 3. The van der Waals surface area contributed by atoms with Gasteiger partial charge in [-0.15, -0.1) is 0 Å². The molecule has 4 rings (SSSR count). The third kappa shape index (κ3) is 3.49. The fourth-order valence-electron chi connectivity index (χ4n) is 3.39. The van der Waals surface area contributed by atoms with E-state index < -0.39 is 6.55 Å². The second kappa shape index (κ2) is 7.46. The first kappa shape index (κ1) is 18.8. The van der Waals surface area contributed by atoms with Gasteiger partial charge in [-0.3, -0.25) is 13.9 Å². The summed E-state index contributed by atoms with van der Waals surface area (Å²) in [5, 5.41) is 0. The quantitative estimate of drug-likeness (QED) is 0.509. The molecule has 0 aliphatic rings. The first-order valence-electron chi connectivity index (χ1n) is 9.05. The molecule has 2 aromatic carbocycles. The molecule has 6 nitrogen and oxygen atoms in total. The Balaban J connectivity index is 1.63. The monoisotopic (exact) mass is 395 g/mol. The lowest BCUT2D eigenvalue weighted by atomic mass is 10.1. The Morgan fingerprint density at radius 2 is 1.93 bits per heavy atom. The van der Waals surface area contributed by atoms with Crippen molar-refractivity contribution in [3.8, 4) is 5.69 Å². The highest BCUT2D eigenvalue weighted by Crippen LogP contribution is 2.23. The number of hydrogen-bond donors (Lipinski definition) is 0. The van der Waals surface area contributed by atoms with Crippen molar-refractivity contribution in [2.45, 2.75) is 20.0 Å². The standard InChI is InChI=1S/C21H19F2N5O/c1-14-25-17-12-15(8-9-18(17)28(14)16-6-4-3-5-7-16)20(29)26(2)13-19-24-10-11-27(19)21(22)23/h3-12,21H,13H2,1-2H3. The van der Waals surface area contributed by atoms with Crippen LogP contribution in [0.15, 0.2) is 60.9 Å². The number of benzene rings is 2. The molecule has 0 spiro atoms. The Morgan fingerprint density at radius 1 is 1.17 bits per heavy atom. The van der Waals surface area contributed by atoms with Crippen LogP contribution in [0.1, 0.15) is 28.6 Å². The maximum Gasteiger partial charge on any atom is 0.319 e. The van der Waals surface area contributed by atoms with Crippen LogP contribution in [-0.2, 0) is 6.54 Å². The van der Waals surface area contributed by atoms with E-state index in [1.54, 1.807) is 19.2 Å². The molecule has 0 saturated carbocycles. The van der Waals surface area contributed by atoms with Crippen LogP contribution in [0.25, 0.3) is 16.7 Å². The van der Waals surface area contributed by atoms with Gasteiger partial charge in [0.1, 0.15) is 11.6 Å². The Hall–Kier alpha value is -3.55. The van der Waals surface area contributed by atoms with Gasteiger partial charge in [0.15, 0.2) is 0 Å². The third-order valence-corrected chi connectivity index (χ3v) is 4.77. The van der Waals surface area contributed by atoms with E-state index in [0.717, 1.165) is 21.6 Å². The fourth-order valence-corrected chi connectivity index (χ4v) is 3.39. The van der Waals surface area contributed by atoms with Crippen molar-refractivity contribution in [1.29, 1.82) is 0 Å². The number of carbonyl (C=O) groups excluding carboxylic acids is 1. The first-order valence-corrected chi connectivity index (χ1v) is 9.05. The molecular weight excluding hydrogens is 376 g/mol. The van der Waals surface area contributed by atoms with Crippen LogP contribution in [0.3, 0.4) is 0 Å². The first-order chi connectivity index (χ1) is 14.0. The number of imidazole rings is 2. The highest BCUT2D eigenvalue weighted by Gasteiger charge is 2.19. The molecule has 0 N–H and O–H groups in total. The van der Waals surface area contributed by atoms with Crippen molar-refractivity contribution < 1.29 is 13.6 Å². The molecule has 0 atom stereocenters. The van der Waals surface area contributed by atoms with Crippen LogP contribution >= 0.6 is 0 Å². The predicted molar refractivity (Wildman–Crippen MR) is 105 cm³/mol. The van der Waals surface area contributed by atoms with Crippen LogP contribution in [0.2, 0.25) is 0 Å². The van der Waals surface area contributed by atoms with Gasteiger partial charge in [-0.1, -0.05) is 18.2 Å². The van der Waals surface area contributed by atoms with Crippen molar-refractivity contribution in [2.24, 2.45) is 0 Å². The number of amides is 1. The molecular formula is C21H19F2N5O. The van der Waals surface area contributed by atoms with Gasteiger partial charge < -0.3 is 4.90 Å². The molecule has 2 heterocycles. The molecule has 0 saturated heterocycles. The van der Waals surface area contributed by atoms with Crippen molar-refractivity contribution in [2.75, 3.05) is 7.05 Å². The van der Waals surface area contributed by atoms with E-state index in [4.69, 9.17) is 0 Å². The smallest absolute Gasteiger partial charge is 0.319 e. The number of carbonyl (C=O) groups is 1. The van der Waals surface area contributed by atoms with Gasteiger partial charge in [-0.05, 0) is 37.3 Å². The zero-order valence-electron chi connectivity index (χ0n) is 16.0. The van der Waals surface area contributed by atoms with Crippen LogP contribution in [0, 0.1) is 6.92 Å². The fraction of sp³-hybridized carbons (Fsp3) is 0.190. The molecule has 2 aromatic heterocycles. The van der Waals surface area contributed by atoms with Crippen LogP contribution in [0.4, 0.5) is 8.78 Å². The molecule has 148 valence electrons. The number of para-hydroxylation sites is 1. The highest BCUT2D eigenvalue weighted by atomic mass is 19.3. The van der Waals surface area contributed by atoms with Gasteiger partial charge in [-0.25, -0.2) is 9.97 Å².